The lowest BCUT2D eigenvalue weighted by Gasteiger charge is -2.18. The van der Waals surface area contributed by atoms with Crippen molar-refractivity contribution in [2.75, 3.05) is 13.2 Å². The molecule has 0 rings (SSSR count). The van der Waals surface area contributed by atoms with Crippen LogP contribution in [0.2, 0.25) is 0 Å². The Labute approximate surface area is 413 Å². The summed E-state index contributed by atoms with van der Waals surface area (Å²) >= 11 is 0. The molecule has 6 nitrogen and oxygen atoms in total. The third kappa shape index (κ3) is 53.2. The Morgan fingerprint density at radius 2 is 0.582 bits per heavy atom. The predicted octanol–water partition coefficient (Wildman–Crippen LogP) is 18.5. The van der Waals surface area contributed by atoms with Crippen molar-refractivity contribution in [3.05, 3.63) is 97.2 Å². The number of carbonyl (C=O) groups excluding carboxylic acids is 3. The smallest absolute Gasteiger partial charge is 0.306 e. The summed E-state index contributed by atoms with van der Waals surface area (Å²) in [7, 11) is 0. The highest BCUT2D eigenvalue weighted by atomic mass is 16.6. The standard InChI is InChI=1S/C61H102O6/c1-4-7-10-13-16-19-22-25-28-29-30-31-34-36-39-42-45-48-51-54-60(63)66-57-58(67-61(64)55-52-49-46-43-40-37-33-27-24-21-18-15-12-9-6-3)56-65-59(62)53-50-47-44-41-38-35-32-26-23-20-17-14-11-8-5-2/h9,12,16,18-21,23,25,27-28,30-31,33,36,39,58H,4-8,10-11,13-15,17,22,24,26,29,32,34-35,37-38,40-57H2,1-3H3/b12-9-,19-16-,21-18-,23-20-,28-25-,31-30-,33-27-,39-36-/t58-/m0/s1. The van der Waals surface area contributed by atoms with E-state index in [0.29, 0.717) is 19.3 Å². The predicted molar refractivity (Wildman–Crippen MR) is 288 cm³/mol. The largest absolute Gasteiger partial charge is 0.462 e. The fraction of sp³-hybridized carbons (Fsp3) is 0.689. The second-order valence-corrected chi connectivity index (χ2v) is 18.1. The zero-order chi connectivity index (χ0) is 48.6. The fourth-order valence-corrected chi connectivity index (χ4v) is 7.37. The van der Waals surface area contributed by atoms with Crippen molar-refractivity contribution in [3.8, 4) is 0 Å². The quantitative estimate of drug-likeness (QED) is 0.0262. The van der Waals surface area contributed by atoms with Gasteiger partial charge in [-0.2, -0.15) is 0 Å². The first kappa shape index (κ1) is 63.3. The molecule has 0 aliphatic carbocycles. The van der Waals surface area contributed by atoms with Crippen molar-refractivity contribution < 1.29 is 28.6 Å². The number of hydrogen-bond acceptors (Lipinski definition) is 6. The monoisotopic (exact) mass is 931 g/mol. The van der Waals surface area contributed by atoms with E-state index in [1.807, 2.05) is 0 Å². The van der Waals surface area contributed by atoms with Gasteiger partial charge in [0.15, 0.2) is 6.10 Å². The van der Waals surface area contributed by atoms with Gasteiger partial charge in [0.05, 0.1) is 0 Å². The van der Waals surface area contributed by atoms with Crippen LogP contribution in [0.3, 0.4) is 0 Å². The first-order valence-electron chi connectivity index (χ1n) is 27.7. The van der Waals surface area contributed by atoms with Crippen molar-refractivity contribution in [3.63, 3.8) is 0 Å². The Hall–Kier alpha value is -3.67. The first-order valence-corrected chi connectivity index (χ1v) is 27.7. The lowest BCUT2D eigenvalue weighted by molar-refractivity contribution is -0.167. The minimum absolute atomic E-state index is 0.0979. The third-order valence-corrected chi connectivity index (χ3v) is 11.5. The highest BCUT2D eigenvalue weighted by molar-refractivity contribution is 5.71. The van der Waals surface area contributed by atoms with Gasteiger partial charge in [-0.15, -0.1) is 0 Å². The number of esters is 3. The molecule has 0 N–H and O–H groups in total. The normalized spacial score (nSPS) is 12.8. The van der Waals surface area contributed by atoms with Gasteiger partial charge >= 0.3 is 17.9 Å². The summed E-state index contributed by atoms with van der Waals surface area (Å²) in [6.45, 7) is 6.44. The molecule has 0 spiro atoms. The topological polar surface area (TPSA) is 78.9 Å². The van der Waals surface area contributed by atoms with E-state index in [4.69, 9.17) is 14.2 Å². The molecule has 0 bridgehead atoms. The minimum Gasteiger partial charge on any atom is -0.462 e. The summed E-state index contributed by atoms with van der Waals surface area (Å²) in [4.78, 5) is 38.1. The maximum atomic E-state index is 12.8. The molecule has 0 unspecified atom stereocenters. The minimum atomic E-state index is -0.803. The summed E-state index contributed by atoms with van der Waals surface area (Å²) in [5, 5.41) is 0. The van der Waals surface area contributed by atoms with Crippen LogP contribution in [0.4, 0.5) is 0 Å². The second-order valence-electron chi connectivity index (χ2n) is 18.1. The number of unbranched alkanes of at least 4 members (excludes halogenated alkanes) is 22. The zero-order valence-electron chi connectivity index (χ0n) is 43.6. The molecule has 0 amide bonds. The van der Waals surface area contributed by atoms with E-state index in [1.54, 1.807) is 0 Å². The highest BCUT2D eigenvalue weighted by Crippen LogP contribution is 2.14. The molecule has 0 saturated carbocycles. The van der Waals surface area contributed by atoms with Gasteiger partial charge in [-0.05, 0) is 122 Å². The van der Waals surface area contributed by atoms with Crippen LogP contribution in [-0.2, 0) is 28.6 Å². The molecule has 0 aromatic heterocycles. The Balaban J connectivity index is 4.48. The van der Waals surface area contributed by atoms with Gasteiger partial charge in [0.25, 0.3) is 0 Å². The summed E-state index contributed by atoms with van der Waals surface area (Å²) in [5.74, 6) is -0.951. The van der Waals surface area contributed by atoms with Crippen LogP contribution in [0.5, 0.6) is 0 Å². The van der Waals surface area contributed by atoms with Crippen LogP contribution in [0.25, 0.3) is 0 Å². The Morgan fingerprint density at radius 1 is 0.313 bits per heavy atom. The van der Waals surface area contributed by atoms with Crippen LogP contribution in [-0.4, -0.2) is 37.2 Å². The van der Waals surface area contributed by atoms with E-state index < -0.39 is 6.10 Å². The molecule has 0 aromatic rings. The van der Waals surface area contributed by atoms with E-state index in [-0.39, 0.29) is 31.1 Å². The SMILES string of the molecule is CC/C=C\C/C=C\C/C=C\CCCCCCCC(=O)O[C@H](COC(=O)CCCCC/C=C\C/C=C\C/C=C\C/C=C\CCCCC)COC(=O)CCCCCCCCC/C=C\CCCCCC. The van der Waals surface area contributed by atoms with E-state index in [1.165, 1.54) is 89.9 Å². The lowest BCUT2D eigenvalue weighted by atomic mass is 10.1. The molecular weight excluding hydrogens is 829 g/mol. The summed E-state index contributed by atoms with van der Waals surface area (Å²) < 4.78 is 16.8. The van der Waals surface area contributed by atoms with Gasteiger partial charge in [0, 0.05) is 19.3 Å². The van der Waals surface area contributed by atoms with Gasteiger partial charge in [0.1, 0.15) is 13.2 Å². The van der Waals surface area contributed by atoms with Crippen molar-refractivity contribution in [2.45, 2.75) is 258 Å². The van der Waals surface area contributed by atoms with E-state index in [2.05, 4.69) is 118 Å². The molecule has 0 aliphatic heterocycles. The Morgan fingerprint density at radius 3 is 0.970 bits per heavy atom. The number of ether oxygens (including phenoxy) is 3. The first-order chi connectivity index (χ1) is 33.0. The molecular formula is C61H102O6. The van der Waals surface area contributed by atoms with E-state index >= 15 is 0 Å². The molecule has 67 heavy (non-hydrogen) atoms. The molecule has 0 aromatic carbocycles. The molecule has 0 radical (unpaired) electrons. The molecule has 0 saturated heterocycles. The van der Waals surface area contributed by atoms with E-state index in [9.17, 15) is 14.4 Å². The van der Waals surface area contributed by atoms with Gasteiger partial charge < -0.3 is 14.2 Å². The average Bonchev–Trinajstić information content (AvgIpc) is 3.33. The number of rotatable bonds is 49. The average molecular weight is 931 g/mol. The Kier molecular flexibility index (Phi) is 51.9. The maximum Gasteiger partial charge on any atom is 0.306 e. The maximum absolute atomic E-state index is 12.8. The Bertz CT molecular complexity index is 1350. The molecule has 6 heteroatoms. The number of allylic oxidation sites excluding steroid dienone is 16. The van der Waals surface area contributed by atoms with Crippen LogP contribution >= 0.6 is 0 Å². The summed E-state index contributed by atoms with van der Waals surface area (Å²) in [6, 6.07) is 0. The molecule has 0 fully saturated rings. The van der Waals surface area contributed by atoms with Crippen molar-refractivity contribution in [1.29, 1.82) is 0 Å². The van der Waals surface area contributed by atoms with Crippen molar-refractivity contribution >= 4 is 17.9 Å². The molecule has 382 valence electrons. The zero-order valence-corrected chi connectivity index (χ0v) is 43.6. The van der Waals surface area contributed by atoms with Gasteiger partial charge in [-0.25, -0.2) is 0 Å². The van der Waals surface area contributed by atoms with Crippen LogP contribution in [0.15, 0.2) is 97.2 Å². The fourth-order valence-electron chi connectivity index (χ4n) is 7.37. The lowest BCUT2D eigenvalue weighted by Crippen LogP contribution is -2.30. The van der Waals surface area contributed by atoms with Crippen LogP contribution in [0.1, 0.15) is 252 Å². The molecule has 1 atom stereocenters. The van der Waals surface area contributed by atoms with Crippen molar-refractivity contribution in [1.82, 2.24) is 0 Å². The summed E-state index contributed by atoms with van der Waals surface area (Å²) in [6.07, 6.45) is 72.4. The highest BCUT2D eigenvalue weighted by Gasteiger charge is 2.19. The van der Waals surface area contributed by atoms with Gasteiger partial charge in [-0.3, -0.25) is 14.4 Å². The number of carbonyl (C=O) groups is 3. The van der Waals surface area contributed by atoms with E-state index in [0.717, 1.165) is 122 Å². The molecule has 0 heterocycles. The van der Waals surface area contributed by atoms with Crippen molar-refractivity contribution in [2.24, 2.45) is 0 Å². The third-order valence-electron chi connectivity index (χ3n) is 11.5. The molecule has 0 aliphatic rings. The van der Waals surface area contributed by atoms with Gasteiger partial charge in [0.2, 0.25) is 0 Å². The summed E-state index contributed by atoms with van der Waals surface area (Å²) in [5.41, 5.74) is 0. The second kappa shape index (κ2) is 54.9. The number of hydrogen-bond donors (Lipinski definition) is 0. The van der Waals surface area contributed by atoms with Crippen LogP contribution < -0.4 is 0 Å². The van der Waals surface area contributed by atoms with Gasteiger partial charge in [-0.1, -0.05) is 208 Å². The van der Waals surface area contributed by atoms with Crippen LogP contribution in [0, 0.1) is 0 Å².